The summed E-state index contributed by atoms with van der Waals surface area (Å²) in [6, 6.07) is 7.73. The van der Waals surface area contributed by atoms with Gasteiger partial charge in [0.05, 0.1) is 26.7 Å². The minimum absolute atomic E-state index is 0.0574. The van der Waals surface area contributed by atoms with Gasteiger partial charge in [-0.2, -0.15) is 0 Å². The van der Waals surface area contributed by atoms with Crippen LogP contribution in [0.1, 0.15) is 18.9 Å². The average molecular weight is 278 g/mol. The molecule has 0 aliphatic carbocycles. The molecule has 110 valence electrons. The summed E-state index contributed by atoms with van der Waals surface area (Å²) in [6.07, 6.45) is 4.13. The predicted octanol–water partition coefficient (Wildman–Crippen LogP) is 2.92. The fourth-order valence-corrected chi connectivity index (χ4v) is 1.88. The van der Waals surface area contributed by atoms with Crippen LogP contribution in [0.5, 0.6) is 5.75 Å². The molecule has 0 N–H and O–H groups in total. The molecule has 0 amide bonds. The van der Waals surface area contributed by atoms with Gasteiger partial charge in [0.25, 0.3) is 0 Å². The molecule has 4 heteroatoms. The Morgan fingerprint density at radius 1 is 1.20 bits per heavy atom. The number of carbonyl (C=O) groups is 1. The molecule has 0 aromatic heterocycles. The Morgan fingerprint density at radius 3 is 2.35 bits per heavy atom. The first kappa shape index (κ1) is 16.2. The van der Waals surface area contributed by atoms with Crippen LogP contribution in [-0.4, -0.2) is 33.4 Å². The molecule has 0 fully saturated rings. The molecule has 0 saturated carbocycles. The number of rotatable bonds is 7. The maximum absolute atomic E-state index is 11.3. The highest BCUT2D eigenvalue weighted by Gasteiger charge is 2.17. The number of carbonyl (C=O) groups excluding carboxylic acids is 1. The fraction of sp³-hybridized carbons (Fsp3) is 0.438. The molecular weight excluding hydrogens is 256 g/mol. The van der Waals surface area contributed by atoms with Crippen LogP contribution < -0.4 is 4.74 Å². The van der Waals surface area contributed by atoms with Crippen LogP contribution in [0.4, 0.5) is 0 Å². The summed E-state index contributed by atoms with van der Waals surface area (Å²) in [5.74, 6) is 0.656. The van der Waals surface area contributed by atoms with Crippen molar-refractivity contribution < 1.29 is 19.0 Å². The monoisotopic (exact) mass is 278 g/mol. The Labute approximate surface area is 120 Å². The topological polar surface area (TPSA) is 44.8 Å². The summed E-state index contributed by atoms with van der Waals surface area (Å²) < 4.78 is 15.2. The van der Waals surface area contributed by atoms with Crippen molar-refractivity contribution >= 4 is 12.0 Å². The number of esters is 1. The lowest BCUT2D eigenvalue weighted by Gasteiger charge is -2.18. The molecule has 0 spiro atoms. The summed E-state index contributed by atoms with van der Waals surface area (Å²) >= 11 is 0. The summed E-state index contributed by atoms with van der Waals surface area (Å²) in [5, 5.41) is 0. The minimum atomic E-state index is -0.225. The molecule has 0 heterocycles. The summed E-state index contributed by atoms with van der Waals surface area (Å²) in [6.45, 7) is 1.96. The van der Waals surface area contributed by atoms with E-state index in [1.165, 1.54) is 7.11 Å². The van der Waals surface area contributed by atoms with Gasteiger partial charge in [-0.3, -0.25) is 4.79 Å². The minimum Gasteiger partial charge on any atom is -0.497 e. The number of methoxy groups -OCH3 is 3. The molecule has 0 radical (unpaired) electrons. The van der Waals surface area contributed by atoms with Crippen molar-refractivity contribution in [3.63, 3.8) is 0 Å². The third-order valence-corrected chi connectivity index (χ3v) is 3.14. The van der Waals surface area contributed by atoms with Crippen molar-refractivity contribution in [2.45, 2.75) is 19.4 Å². The van der Waals surface area contributed by atoms with E-state index in [9.17, 15) is 4.79 Å². The Hall–Kier alpha value is -1.81. The zero-order valence-corrected chi connectivity index (χ0v) is 12.5. The van der Waals surface area contributed by atoms with Crippen molar-refractivity contribution in [1.82, 2.24) is 0 Å². The van der Waals surface area contributed by atoms with Gasteiger partial charge >= 0.3 is 5.97 Å². The zero-order valence-electron chi connectivity index (χ0n) is 12.5. The molecular formula is C16H22O4. The Bertz CT molecular complexity index is 436. The molecule has 0 aliphatic rings. The normalized spacial score (nSPS) is 14.0. The summed E-state index contributed by atoms with van der Waals surface area (Å²) in [7, 11) is 4.67. The van der Waals surface area contributed by atoms with Gasteiger partial charge in [0.2, 0.25) is 0 Å². The van der Waals surface area contributed by atoms with E-state index >= 15 is 0 Å². The van der Waals surface area contributed by atoms with E-state index in [4.69, 9.17) is 9.47 Å². The van der Waals surface area contributed by atoms with Crippen molar-refractivity contribution in [3.8, 4) is 5.75 Å². The SMILES string of the molecule is COC(=O)C[C@@H](C)[C@@H](/C=C/c1ccc(OC)cc1)OC. The number of ether oxygens (including phenoxy) is 3. The molecule has 0 unspecified atom stereocenters. The number of hydrogen-bond acceptors (Lipinski definition) is 4. The van der Waals surface area contributed by atoms with E-state index in [1.54, 1.807) is 14.2 Å². The second-order valence-corrected chi connectivity index (χ2v) is 4.59. The van der Waals surface area contributed by atoms with E-state index in [-0.39, 0.29) is 18.0 Å². The second kappa shape index (κ2) is 8.38. The highest BCUT2D eigenvalue weighted by atomic mass is 16.5. The van der Waals surface area contributed by atoms with Crippen molar-refractivity contribution in [1.29, 1.82) is 0 Å². The molecule has 1 rings (SSSR count). The number of hydrogen-bond donors (Lipinski definition) is 0. The van der Waals surface area contributed by atoms with E-state index in [1.807, 2.05) is 43.3 Å². The highest BCUT2D eigenvalue weighted by Crippen LogP contribution is 2.17. The molecule has 1 aromatic rings. The van der Waals surface area contributed by atoms with Crippen molar-refractivity contribution in [3.05, 3.63) is 35.9 Å². The van der Waals surface area contributed by atoms with Gasteiger partial charge in [-0.25, -0.2) is 0 Å². The molecule has 0 bridgehead atoms. The van der Waals surface area contributed by atoms with Crippen LogP contribution in [0.3, 0.4) is 0 Å². The first-order valence-corrected chi connectivity index (χ1v) is 6.52. The van der Waals surface area contributed by atoms with Crippen LogP contribution >= 0.6 is 0 Å². The largest absolute Gasteiger partial charge is 0.497 e. The zero-order chi connectivity index (χ0) is 15.0. The average Bonchev–Trinajstić information content (AvgIpc) is 2.48. The van der Waals surface area contributed by atoms with Crippen molar-refractivity contribution in [2.75, 3.05) is 21.3 Å². The molecule has 20 heavy (non-hydrogen) atoms. The summed E-state index contributed by atoms with van der Waals surface area (Å²) in [5.41, 5.74) is 1.05. The smallest absolute Gasteiger partial charge is 0.305 e. The van der Waals surface area contributed by atoms with E-state index < -0.39 is 0 Å². The molecule has 4 nitrogen and oxygen atoms in total. The first-order valence-electron chi connectivity index (χ1n) is 6.52. The number of benzene rings is 1. The van der Waals surface area contributed by atoms with Gasteiger partial charge in [0.15, 0.2) is 0 Å². The third kappa shape index (κ3) is 5.05. The van der Waals surface area contributed by atoms with Gasteiger partial charge in [-0.05, 0) is 23.6 Å². The molecule has 2 atom stereocenters. The molecule has 1 aromatic carbocycles. The lowest BCUT2D eigenvalue weighted by atomic mass is 9.99. The van der Waals surface area contributed by atoms with Crippen LogP contribution in [0.2, 0.25) is 0 Å². The van der Waals surface area contributed by atoms with E-state index in [0.29, 0.717) is 6.42 Å². The van der Waals surface area contributed by atoms with Gasteiger partial charge in [-0.1, -0.05) is 31.2 Å². The highest BCUT2D eigenvalue weighted by molar-refractivity contribution is 5.69. The van der Waals surface area contributed by atoms with Gasteiger partial charge < -0.3 is 14.2 Å². The Balaban J connectivity index is 2.66. The van der Waals surface area contributed by atoms with Gasteiger partial charge in [0, 0.05) is 7.11 Å². The Kier molecular flexibility index (Phi) is 6.81. The lowest BCUT2D eigenvalue weighted by Crippen LogP contribution is -2.21. The first-order chi connectivity index (χ1) is 9.60. The van der Waals surface area contributed by atoms with E-state index in [2.05, 4.69) is 4.74 Å². The van der Waals surface area contributed by atoms with Gasteiger partial charge in [-0.15, -0.1) is 0 Å². The molecule has 0 aliphatic heterocycles. The predicted molar refractivity (Wildman–Crippen MR) is 78.6 cm³/mol. The van der Waals surface area contributed by atoms with Gasteiger partial charge in [0.1, 0.15) is 5.75 Å². The second-order valence-electron chi connectivity index (χ2n) is 4.59. The van der Waals surface area contributed by atoms with Crippen LogP contribution in [0.15, 0.2) is 30.3 Å². The van der Waals surface area contributed by atoms with Crippen LogP contribution in [-0.2, 0) is 14.3 Å². The van der Waals surface area contributed by atoms with E-state index in [0.717, 1.165) is 11.3 Å². The van der Waals surface area contributed by atoms with Crippen molar-refractivity contribution in [2.24, 2.45) is 5.92 Å². The van der Waals surface area contributed by atoms with Crippen LogP contribution in [0, 0.1) is 5.92 Å². The maximum atomic E-state index is 11.3. The third-order valence-electron chi connectivity index (χ3n) is 3.14. The Morgan fingerprint density at radius 2 is 1.85 bits per heavy atom. The standard InChI is InChI=1S/C16H22O4/c1-12(11-16(17)20-4)15(19-3)10-7-13-5-8-14(18-2)9-6-13/h5-10,12,15H,11H2,1-4H3/b10-7+/t12-,15-/m1/s1. The lowest BCUT2D eigenvalue weighted by molar-refractivity contribution is -0.142. The fourth-order valence-electron chi connectivity index (χ4n) is 1.88. The quantitative estimate of drug-likeness (QED) is 0.719. The van der Waals surface area contributed by atoms with Crippen LogP contribution in [0.25, 0.3) is 6.08 Å². The summed E-state index contributed by atoms with van der Waals surface area (Å²) in [4.78, 5) is 11.3. The molecule has 0 saturated heterocycles. The maximum Gasteiger partial charge on any atom is 0.305 e.